The topological polar surface area (TPSA) is 126 Å². The molecule has 0 atom stereocenters. The van der Waals surface area contributed by atoms with Crippen molar-refractivity contribution < 1.29 is 34.0 Å². The number of benzene rings is 4. The van der Waals surface area contributed by atoms with Crippen molar-refractivity contribution in [2.45, 2.75) is 194 Å². The number of carbonyl (C=O) groups excluding carboxylic acids is 2. The van der Waals surface area contributed by atoms with Gasteiger partial charge in [0.25, 0.3) is 0 Å². The molecular weight excluding hydrogens is 837 g/mol. The first kappa shape index (κ1) is 54.4. The Hall–Kier alpha value is -5.18. The number of hydrogen-bond donors (Lipinski definition) is 4. The number of phenolic OH excluding ortho intramolecular Hbond substituents is 2. The van der Waals surface area contributed by atoms with Gasteiger partial charge >= 0.3 is 12.2 Å². The van der Waals surface area contributed by atoms with Crippen LogP contribution >= 0.6 is 0 Å². The fraction of sp³-hybridized carbons (Fsp3) is 0.552. The van der Waals surface area contributed by atoms with Gasteiger partial charge in [-0.3, -0.25) is 10.6 Å². The minimum atomic E-state index is -0.518. The molecule has 0 spiro atoms. The third-order valence-corrected chi connectivity index (χ3v) is 12.5. The van der Waals surface area contributed by atoms with Crippen LogP contribution in [0.4, 0.5) is 21.0 Å². The van der Waals surface area contributed by atoms with Gasteiger partial charge in [0, 0.05) is 22.5 Å². The number of unbranched alkanes of at least 4 members (excludes halogenated alkanes) is 26. The summed E-state index contributed by atoms with van der Waals surface area (Å²) in [5.41, 5.74) is 3.95. The van der Waals surface area contributed by atoms with E-state index in [-0.39, 0.29) is 11.5 Å². The largest absolute Gasteiger partial charge is 0.508 e. The quantitative estimate of drug-likeness (QED) is 0.0335. The van der Waals surface area contributed by atoms with Crippen LogP contribution in [-0.4, -0.2) is 35.6 Å². The molecule has 9 heteroatoms. The molecule has 0 aliphatic rings. The number of nitrogens with one attached hydrogen (secondary N) is 2. The van der Waals surface area contributed by atoms with Gasteiger partial charge in [0.15, 0.2) is 0 Å². The smallest absolute Gasteiger partial charge is 0.411 e. The van der Waals surface area contributed by atoms with E-state index < -0.39 is 12.2 Å². The highest BCUT2D eigenvalue weighted by Gasteiger charge is 2.16. The van der Waals surface area contributed by atoms with Crippen LogP contribution in [0.25, 0.3) is 22.3 Å². The van der Waals surface area contributed by atoms with Crippen LogP contribution in [0.3, 0.4) is 0 Å². The summed E-state index contributed by atoms with van der Waals surface area (Å²) in [6, 6.07) is 24.3. The fourth-order valence-electron chi connectivity index (χ4n) is 8.48. The zero-order valence-corrected chi connectivity index (χ0v) is 41.2. The molecule has 0 saturated carbocycles. The predicted molar refractivity (Wildman–Crippen MR) is 278 cm³/mol. The molecule has 0 heterocycles. The van der Waals surface area contributed by atoms with Gasteiger partial charge in [0.2, 0.25) is 0 Å². The van der Waals surface area contributed by atoms with Crippen molar-refractivity contribution in [3.8, 4) is 45.3 Å². The standard InChI is InChI=1S/C58H84N2O7/c1-3-5-7-9-11-13-15-17-19-21-23-25-27-29-43-65-57(63)59-49-35-41-55(53(45-49)47-31-37-51(61)38-32-47)67-56-42-36-50(46-54(56)48-33-39-52(62)40-34-48)60-58(64)66-44-30-28-26-24-22-20-18-16-14-12-10-8-6-4-2/h31-42,45-46,61-62H,3-30,43-44H2,1-2H3,(H,59,63)(H,60,64). The van der Waals surface area contributed by atoms with Gasteiger partial charge in [-0.15, -0.1) is 0 Å². The molecule has 67 heavy (non-hydrogen) atoms. The molecule has 0 fully saturated rings. The summed E-state index contributed by atoms with van der Waals surface area (Å²) in [7, 11) is 0. The predicted octanol–water partition coefficient (Wildman–Crippen LogP) is 18.3. The second kappa shape index (κ2) is 34.2. The Bertz CT molecular complexity index is 1790. The number of ether oxygens (including phenoxy) is 3. The van der Waals surface area contributed by atoms with Crippen LogP contribution in [0.5, 0.6) is 23.0 Å². The molecule has 0 saturated heterocycles. The summed E-state index contributed by atoms with van der Waals surface area (Å²) in [6.45, 7) is 5.25. The lowest BCUT2D eigenvalue weighted by Crippen LogP contribution is -2.14. The Morgan fingerprint density at radius 3 is 0.970 bits per heavy atom. The first-order chi connectivity index (χ1) is 32.9. The monoisotopic (exact) mass is 921 g/mol. The number of carbonyl (C=O) groups is 2. The normalized spacial score (nSPS) is 11.1. The maximum absolute atomic E-state index is 12.9. The Balaban J connectivity index is 1.26. The summed E-state index contributed by atoms with van der Waals surface area (Å²) in [5, 5.41) is 25.9. The van der Waals surface area contributed by atoms with Crippen molar-refractivity contribution in [1.29, 1.82) is 0 Å². The zero-order valence-electron chi connectivity index (χ0n) is 41.2. The van der Waals surface area contributed by atoms with Crippen LogP contribution in [0, 0.1) is 0 Å². The molecule has 368 valence electrons. The molecule has 0 radical (unpaired) electrons. The van der Waals surface area contributed by atoms with E-state index in [1.807, 2.05) is 12.1 Å². The minimum absolute atomic E-state index is 0.128. The van der Waals surface area contributed by atoms with E-state index in [0.29, 0.717) is 47.2 Å². The van der Waals surface area contributed by atoms with Crippen LogP contribution in [-0.2, 0) is 9.47 Å². The van der Waals surface area contributed by atoms with Gasteiger partial charge in [0.05, 0.1) is 13.2 Å². The van der Waals surface area contributed by atoms with Crippen molar-refractivity contribution in [3.05, 3.63) is 84.9 Å². The molecule has 4 N–H and O–H groups in total. The van der Waals surface area contributed by atoms with Crippen LogP contribution in [0.2, 0.25) is 0 Å². The van der Waals surface area contributed by atoms with Gasteiger partial charge in [-0.25, -0.2) is 9.59 Å². The van der Waals surface area contributed by atoms with Crippen LogP contribution in [0.15, 0.2) is 84.9 Å². The van der Waals surface area contributed by atoms with Gasteiger partial charge in [-0.1, -0.05) is 205 Å². The lowest BCUT2D eigenvalue weighted by Gasteiger charge is -2.17. The zero-order chi connectivity index (χ0) is 47.6. The highest BCUT2D eigenvalue weighted by molar-refractivity contribution is 5.88. The van der Waals surface area contributed by atoms with Gasteiger partial charge in [-0.05, 0) is 84.6 Å². The lowest BCUT2D eigenvalue weighted by molar-refractivity contribution is 0.158. The number of hydrogen-bond acceptors (Lipinski definition) is 7. The molecule has 0 aliphatic heterocycles. The van der Waals surface area contributed by atoms with E-state index in [1.165, 1.54) is 141 Å². The Kier molecular flexibility index (Phi) is 27.7. The molecule has 9 nitrogen and oxygen atoms in total. The van der Waals surface area contributed by atoms with Crippen LogP contribution in [0.1, 0.15) is 194 Å². The van der Waals surface area contributed by atoms with Crippen LogP contribution < -0.4 is 15.4 Å². The van der Waals surface area contributed by atoms with E-state index in [9.17, 15) is 19.8 Å². The van der Waals surface area contributed by atoms with Crippen molar-refractivity contribution in [1.82, 2.24) is 0 Å². The van der Waals surface area contributed by atoms with Crippen molar-refractivity contribution >= 4 is 23.6 Å². The Morgan fingerprint density at radius 1 is 0.388 bits per heavy atom. The molecule has 0 unspecified atom stereocenters. The third kappa shape index (κ3) is 23.4. The van der Waals surface area contributed by atoms with E-state index in [2.05, 4.69) is 24.5 Å². The lowest BCUT2D eigenvalue weighted by atomic mass is 10.0. The summed E-state index contributed by atoms with van der Waals surface area (Å²) in [4.78, 5) is 25.8. The van der Waals surface area contributed by atoms with Gasteiger partial charge in [0.1, 0.15) is 23.0 Å². The minimum Gasteiger partial charge on any atom is -0.508 e. The van der Waals surface area contributed by atoms with E-state index in [1.54, 1.807) is 72.8 Å². The first-order valence-corrected chi connectivity index (χ1v) is 26.3. The van der Waals surface area contributed by atoms with E-state index >= 15 is 0 Å². The molecule has 0 aromatic heterocycles. The molecule has 0 bridgehead atoms. The first-order valence-electron chi connectivity index (χ1n) is 26.3. The van der Waals surface area contributed by atoms with Crippen molar-refractivity contribution in [2.75, 3.05) is 23.8 Å². The average molecular weight is 921 g/mol. The average Bonchev–Trinajstić information content (AvgIpc) is 3.33. The fourth-order valence-corrected chi connectivity index (χ4v) is 8.48. The second-order valence-corrected chi connectivity index (χ2v) is 18.3. The molecule has 4 aromatic carbocycles. The number of aromatic hydroxyl groups is 2. The molecular formula is C58H84N2O7. The molecule has 4 rings (SSSR count). The number of rotatable bonds is 36. The number of phenols is 2. The molecule has 2 amide bonds. The molecule has 4 aromatic rings. The SMILES string of the molecule is CCCCCCCCCCCCCCCCOC(=O)Nc1ccc(Oc2ccc(NC(=O)OCCCCCCCCCCCCCCCC)cc2-c2ccc(O)cc2)c(-c2ccc(O)cc2)c1. The summed E-state index contributed by atoms with van der Waals surface area (Å²) in [6.07, 6.45) is 34.4. The maximum atomic E-state index is 12.9. The highest BCUT2D eigenvalue weighted by atomic mass is 16.6. The van der Waals surface area contributed by atoms with Gasteiger partial charge < -0.3 is 24.4 Å². The summed E-state index contributed by atoms with van der Waals surface area (Å²) >= 11 is 0. The number of anilines is 2. The maximum Gasteiger partial charge on any atom is 0.411 e. The van der Waals surface area contributed by atoms with Crippen molar-refractivity contribution in [2.24, 2.45) is 0 Å². The Morgan fingerprint density at radius 2 is 0.672 bits per heavy atom. The van der Waals surface area contributed by atoms with Crippen molar-refractivity contribution in [3.63, 3.8) is 0 Å². The van der Waals surface area contributed by atoms with E-state index in [0.717, 1.165) is 49.7 Å². The van der Waals surface area contributed by atoms with Gasteiger partial charge in [-0.2, -0.15) is 0 Å². The Labute approximate surface area is 403 Å². The number of amides is 2. The highest BCUT2D eigenvalue weighted by Crippen LogP contribution is 2.41. The third-order valence-electron chi connectivity index (χ3n) is 12.5. The molecule has 0 aliphatic carbocycles. The summed E-state index contributed by atoms with van der Waals surface area (Å²) < 4.78 is 17.7. The second-order valence-electron chi connectivity index (χ2n) is 18.3. The van der Waals surface area contributed by atoms with E-state index in [4.69, 9.17) is 14.2 Å². The summed E-state index contributed by atoms with van der Waals surface area (Å²) in [5.74, 6) is 1.26.